The highest BCUT2D eigenvalue weighted by molar-refractivity contribution is 7.17. The van der Waals surface area contributed by atoms with Crippen LogP contribution in [0.2, 0.25) is 0 Å². The van der Waals surface area contributed by atoms with Crippen molar-refractivity contribution in [3.63, 3.8) is 0 Å². The van der Waals surface area contributed by atoms with Crippen LogP contribution in [0.3, 0.4) is 0 Å². The lowest BCUT2D eigenvalue weighted by atomic mass is 10.2. The summed E-state index contributed by atoms with van der Waals surface area (Å²) in [4.78, 5) is 27.0. The first kappa shape index (κ1) is 19.4. The molecule has 11 heteroatoms. The van der Waals surface area contributed by atoms with Crippen LogP contribution in [0, 0.1) is 15.9 Å². The van der Waals surface area contributed by atoms with Crippen molar-refractivity contribution in [3.05, 3.63) is 67.8 Å². The highest BCUT2D eigenvalue weighted by Crippen LogP contribution is 2.27. The summed E-state index contributed by atoms with van der Waals surface area (Å²) < 4.78 is 13.0. The molecule has 0 aliphatic carbocycles. The van der Waals surface area contributed by atoms with Gasteiger partial charge in [0.2, 0.25) is 5.13 Å². The number of aromatic nitrogens is 2. The first-order chi connectivity index (χ1) is 14.0. The third-order valence-corrected chi connectivity index (χ3v) is 6.55. The molecule has 0 bridgehead atoms. The van der Waals surface area contributed by atoms with Crippen LogP contribution in [0.25, 0.3) is 0 Å². The number of carbonyl (C=O) groups is 1. The van der Waals surface area contributed by atoms with Crippen LogP contribution in [0.4, 0.5) is 14.5 Å². The van der Waals surface area contributed by atoms with Crippen LogP contribution in [-0.2, 0) is 6.42 Å². The Hall–Kier alpha value is -2.92. The molecule has 0 N–H and O–H groups in total. The van der Waals surface area contributed by atoms with Gasteiger partial charge in [-0.1, -0.05) is 34.8 Å². The van der Waals surface area contributed by atoms with Gasteiger partial charge in [-0.2, -0.15) is 0 Å². The van der Waals surface area contributed by atoms with E-state index < -0.39 is 4.92 Å². The summed E-state index contributed by atoms with van der Waals surface area (Å²) in [5.41, 5.74) is 0.967. The van der Waals surface area contributed by atoms with Gasteiger partial charge in [-0.15, -0.1) is 10.2 Å². The highest BCUT2D eigenvalue weighted by Gasteiger charge is 2.26. The number of amides is 1. The predicted octanol–water partition coefficient (Wildman–Crippen LogP) is 3.20. The van der Waals surface area contributed by atoms with Gasteiger partial charge in [0.25, 0.3) is 5.91 Å². The summed E-state index contributed by atoms with van der Waals surface area (Å²) in [6, 6.07) is 9.18. The Morgan fingerprint density at radius 2 is 1.79 bits per heavy atom. The Morgan fingerprint density at radius 3 is 2.45 bits per heavy atom. The first-order valence-corrected chi connectivity index (χ1v) is 10.5. The van der Waals surface area contributed by atoms with Crippen LogP contribution in [-0.4, -0.2) is 52.1 Å². The summed E-state index contributed by atoms with van der Waals surface area (Å²) in [5, 5.41) is 20.9. The van der Waals surface area contributed by atoms with E-state index >= 15 is 0 Å². The molecule has 0 radical (unpaired) electrons. The number of hydrogen-bond donors (Lipinski definition) is 0. The van der Waals surface area contributed by atoms with Gasteiger partial charge < -0.3 is 9.80 Å². The van der Waals surface area contributed by atoms with Crippen LogP contribution in [0.5, 0.6) is 0 Å². The van der Waals surface area contributed by atoms with Crippen molar-refractivity contribution in [2.75, 3.05) is 31.1 Å². The standard InChI is InChI=1S/C18H16FN5O3S2/c19-13-3-1-12(2-4-13)11-15-20-21-18(29-15)23-9-7-22(8-10-23)17(25)14-5-6-16(28-14)24(26)27/h1-6H,7-11H2. The molecule has 3 aromatic rings. The molecule has 1 aliphatic rings. The van der Waals surface area contributed by atoms with E-state index in [-0.39, 0.29) is 16.7 Å². The number of hydrogen-bond acceptors (Lipinski definition) is 8. The average molecular weight is 433 g/mol. The lowest BCUT2D eigenvalue weighted by Crippen LogP contribution is -2.48. The van der Waals surface area contributed by atoms with Gasteiger partial charge in [-0.3, -0.25) is 14.9 Å². The molecule has 29 heavy (non-hydrogen) atoms. The zero-order valence-corrected chi connectivity index (χ0v) is 16.8. The zero-order chi connectivity index (χ0) is 20.4. The van der Waals surface area contributed by atoms with Crippen molar-refractivity contribution in [3.8, 4) is 0 Å². The molecule has 8 nitrogen and oxygen atoms in total. The number of benzene rings is 1. The van der Waals surface area contributed by atoms with Gasteiger partial charge in [-0.05, 0) is 23.8 Å². The molecule has 4 rings (SSSR count). The minimum atomic E-state index is -0.488. The Labute approximate surface area is 173 Å². The molecular weight excluding hydrogens is 417 g/mol. The second-order valence-corrected chi connectivity index (χ2v) is 8.56. The maximum absolute atomic E-state index is 13.0. The van der Waals surface area contributed by atoms with Crippen LogP contribution in [0.1, 0.15) is 20.2 Å². The average Bonchev–Trinajstić information content (AvgIpc) is 3.39. The molecule has 0 spiro atoms. The van der Waals surface area contributed by atoms with Crippen molar-refractivity contribution in [2.24, 2.45) is 0 Å². The summed E-state index contributed by atoms with van der Waals surface area (Å²) >= 11 is 2.38. The third kappa shape index (κ3) is 4.40. The lowest BCUT2D eigenvalue weighted by molar-refractivity contribution is -0.380. The molecular formula is C18H16FN5O3S2. The van der Waals surface area contributed by atoms with E-state index in [0.29, 0.717) is 37.5 Å². The quantitative estimate of drug-likeness (QED) is 0.453. The molecule has 0 unspecified atom stereocenters. The van der Waals surface area contributed by atoms with E-state index in [0.717, 1.165) is 27.0 Å². The van der Waals surface area contributed by atoms with Gasteiger partial charge >= 0.3 is 5.00 Å². The molecule has 2 aromatic heterocycles. The van der Waals surface area contributed by atoms with Crippen molar-refractivity contribution < 1.29 is 14.1 Å². The number of nitrogens with zero attached hydrogens (tertiary/aromatic N) is 5. The van der Waals surface area contributed by atoms with E-state index in [1.165, 1.54) is 35.6 Å². The fourth-order valence-corrected chi connectivity index (χ4v) is 4.73. The smallest absolute Gasteiger partial charge is 0.324 e. The summed E-state index contributed by atoms with van der Waals surface area (Å²) in [6.07, 6.45) is 0.591. The van der Waals surface area contributed by atoms with Crippen molar-refractivity contribution in [1.29, 1.82) is 0 Å². The summed E-state index contributed by atoms with van der Waals surface area (Å²) in [7, 11) is 0. The maximum Gasteiger partial charge on any atom is 0.324 e. The lowest BCUT2D eigenvalue weighted by Gasteiger charge is -2.34. The van der Waals surface area contributed by atoms with E-state index in [9.17, 15) is 19.3 Å². The maximum atomic E-state index is 13.0. The Bertz CT molecular complexity index is 1030. The molecule has 3 heterocycles. The van der Waals surface area contributed by atoms with Crippen molar-refractivity contribution in [2.45, 2.75) is 6.42 Å². The Balaban J connectivity index is 1.34. The number of halogens is 1. The van der Waals surface area contributed by atoms with E-state index in [2.05, 4.69) is 15.1 Å². The third-order valence-electron chi connectivity index (χ3n) is 4.54. The minimum Gasteiger partial charge on any atom is -0.343 e. The minimum absolute atomic E-state index is 0.0328. The van der Waals surface area contributed by atoms with Gasteiger partial charge in [0.1, 0.15) is 10.8 Å². The normalized spacial score (nSPS) is 14.2. The summed E-state index contributed by atoms with van der Waals surface area (Å²) in [6.45, 7) is 2.25. The van der Waals surface area contributed by atoms with Crippen LogP contribution >= 0.6 is 22.7 Å². The van der Waals surface area contributed by atoms with Crippen molar-refractivity contribution in [1.82, 2.24) is 15.1 Å². The van der Waals surface area contributed by atoms with Gasteiger partial charge in [0.15, 0.2) is 0 Å². The monoisotopic (exact) mass is 433 g/mol. The number of rotatable bonds is 5. The highest BCUT2D eigenvalue weighted by atomic mass is 32.1. The number of carbonyl (C=O) groups excluding carboxylic acids is 1. The number of piperazine rings is 1. The number of anilines is 1. The molecule has 1 saturated heterocycles. The van der Waals surface area contributed by atoms with E-state index in [1.807, 2.05) is 0 Å². The molecule has 1 aromatic carbocycles. The fraction of sp³-hybridized carbons (Fsp3) is 0.278. The summed E-state index contributed by atoms with van der Waals surface area (Å²) in [5.74, 6) is -0.451. The second kappa shape index (κ2) is 8.21. The molecule has 1 fully saturated rings. The fourth-order valence-electron chi connectivity index (χ4n) is 3.02. The van der Waals surface area contributed by atoms with Crippen LogP contribution in [0.15, 0.2) is 36.4 Å². The van der Waals surface area contributed by atoms with E-state index in [1.54, 1.807) is 17.0 Å². The molecule has 150 valence electrons. The van der Waals surface area contributed by atoms with Crippen molar-refractivity contribution >= 4 is 38.7 Å². The Morgan fingerprint density at radius 1 is 1.07 bits per heavy atom. The van der Waals surface area contributed by atoms with Gasteiger partial charge in [-0.25, -0.2) is 4.39 Å². The molecule has 0 atom stereocenters. The van der Waals surface area contributed by atoms with Gasteiger partial charge in [0.05, 0.1) is 9.80 Å². The largest absolute Gasteiger partial charge is 0.343 e. The first-order valence-electron chi connectivity index (χ1n) is 8.85. The molecule has 1 amide bonds. The molecule has 0 saturated carbocycles. The topological polar surface area (TPSA) is 92.5 Å². The van der Waals surface area contributed by atoms with Crippen LogP contribution < -0.4 is 4.90 Å². The SMILES string of the molecule is O=C(c1ccc([N+](=O)[O-])s1)N1CCN(c2nnc(Cc3ccc(F)cc3)s2)CC1. The van der Waals surface area contributed by atoms with Gasteiger partial charge in [0, 0.05) is 38.7 Å². The number of thiophene rings is 1. The number of nitro groups is 1. The Kier molecular flexibility index (Phi) is 5.49. The van der Waals surface area contributed by atoms with E-state index in [4.69, 9.17) is 0 Å². The molecule has 1 aliphatic heterocycles. The second-order valence-electron chi connectivity index (χ2n) is 6.46. The zero-order valence-electron chi connectivity index (χ0n) is 15.2. The predicted molar refractivity (Wildman–Crippen MR) is 108 cm³/mol.